The number of benzene rings is 3. The van der Waals surface area contributed by atoms with E-state index in [1.807, 2.05) is 54.6 Å². The van der Waals surface area contributed by atoms with Crippen LogP contribution in [0.5, 0.6) is 5.75 Å². The van der Waals surface area contributed by atoms with Gasteiger partial charge in [0, 0.05) is 12.1 Å². The molecular formula is C22H17N3O4S. The molecule has 1 atom stereocenters. The fourth-order valence-corrected chi connectivity index (χ4v) is 3.80. The molecule has 1 N–H and O–H groups in total. The van der Waals surface area contributed by atoms with Gasteiger partial charge in [0.25, 0.3) is 11.6 Å². The van der Waals surface area contributed by atoms with Gasteiger partial charge >= 0.3 is 0 Å². The van der Waals surface area contributed by atoms with Crippen LogP contribution >= 0.6 is 11.3 Å². The van der Waals surface area contributed by atoms with Crippen molar-refractivity contribution in [3.63, 3.8) is 0 Å². The molecule has 8 heteroatoms. The minimum absolute atomic E-state index is 0.0142. The third kappa shape index (κ3) is 4.28. The number of thiazole rings is 1. The van der Waals surface area contributed by atoms with Crippen LogP contribution in [0.15, 0.2) is 72.8 Å². The number of carbonyl (C=O) groups excluding carboxylic acids is 1. The molecule has 0 aliphatic carbocycles. The van der Waals surface area contributed by atoms with E-state index in [2.05, 4.69) is 10.3 Å². The van der Waals surface area contributed by atoms with E-state index in [0.29, 0.717) is 21.1 Å². The molecule has 0 saturated heterocycles. The summed E-state index contributed by atoms with van der Waals surface area (Å²) in [6, 6.07) is 21.9. The lowest BCUT2D eigenvalue weighted by Gasteiger charge is -2.14. The lowest BCUT2D eigenvalue weighted by Crippen LogP contribution is -2.30. The number of ether oxygens (including phenoxy) is 1. The lowest BCUT2D eigenvalue weighted by atomic mass is 10.1. The number of hydrogen-bond acceptors (Lipinski definition) is 6. The van der Waals surface area contributed by atoms with E-state index in [1.54, 1.807) is 13.0 Å². The second-order valence-electron chi connectivity index (χ2n) is 6.57. The topological polar surface area (TPSA) is 94.4 Å². The predicted molar refractivity (Wildman–Crippen MR) is 117 cm³/mol. The standard InChI is InChI=1S/C22H17N3O4S/c1-14(29-18-10-7-16(8-11-18)15-5-3-2-4-6-15)21(26)24-22-23-19-12-9-17(25(27)28)13-20(19)30-22/h2-14H,1H3,(H,23,24,26). The first kappa shape index (κ1) is 19.5. The number of hydrogen-bond donors (Lipinski definition) is 1. The molecule has 0 spiro atoms. The van der Waals surface area contributed by atoms with Gasteiger partial charge in [-0.25, -0.2) is 4.98 Å². The van der Waals surface area contributed by atoms with Crippen LogP contribution in [0.25, 0.3) is 21.3 Å². The number of non-ortho nitro benzene ring substituents is 1. The predicted octanol–water partition coefficient (Wildman–Crippen LogP) is 5.28. The molecule has 30 heavy (non-hydrogen) atoms. The first-order valence-electron chi connectivity index (χ1n) is 9.17. The van der Waals surface area contributed by atoms with Gasteiger partial charge < -0.3 is 4.74 Å². The van der Waals surface area contributed by atoms with Crippen molar-refractivity contribution in [2.75, 3.05) is 5.32 Å². The Bertz CT molecular complexity index is 1210. The fraction of sp³-hybridized carbons (Fsp3) is 0.0909. The van der Waals surface area contributed by atoms with E-state index >= 15 is 0 Å². The monoisotopic (exact) mass is 419 g/mol. The largest absolute Gasteiger partial charge is 0.481 e. The molecule has 1 amide bonds. The molecule has 4 rings (SSSR count). The molecule has 0 aliphatic rings. The van der Waals surface area contributed by atoms with Gasteiger partial charge in [-0.2, -0.15) is 0 Å². The van der Waals surface area contributed by atoms with Crippen molar-refractivity contribution in [1.29, 1.82) is 0 Å². The number of nitro groups is 1. The lowest BCUT2D eigenvalue weighted by molar-refractivity contribution is -0.384. The van der Waals surface area contributed by atoms with E-state index in [1.165, 1.54) is 23.5 Å². The van der Waals surface area contributed by atoms with Crippen molar-refractivity contribution in [3.8, 4) is 16.9 Å². The van der Waals surface area contributed by atoms with Gasteiger partial charge in [-0.05, 0) is 36.2 Å². The van der Waals surface area contributed by atoms with Crippen molar-refractivity contribution < 1.29 is 14.5 Å². The van der Waals surface area contributed by atoms with Crippen LogP contribution in [-0.2, 0) is 4.79 Å². The van der Waals surface area contributed by atoms with Crippen LogP contribution in [0.4, 0.5) is 10.8 Å². The Kier molecular flexibility index (Phi) is 5.40. The van der Waals surface area contributed by atoms with Crippen LogP contribution in [0, 0.1) is 10.1 Å². The third-order valence-corrected chi connectivity index (χ3v) is 5.39. The Morgan fingerprint density at radius 3 is 2.47 bits per heavy atom. The Balaban J connectivity index is 1.41. The molecule has 0 fully saturated rings. The van der Waals surface area contributed by atoms with Crippen molar-refractivity contribution in [3.05, 3.63) is 82.9 Å². The normalized spacial score (nSPS) is 11.8. The summed E-state index contributed by atoms with van der Waals surface area (Å²) in [4.78, 5) is 27.2. The molecule has 1 heterocycles. The SMILES string of the molecule is CC(Oc1ccc(-c2ccccc2)cc1)C(=O)Nc1nc2ccc([N+](=O)[O-])cc2s1. The minimum Gasteiger partial charge on any atom is -0.481 e. The van der Waals surface area contributed by atoms with Gasteiger partial charge in [0.2, 0.25) is 0 Å². The zero-order valence-corrected chi connectivity index (χ0v) is 16.8. The van der Waals surface area contributed by atoms with Crippen LogP contribution < -0.4 is 10.1 Å². The summed E-state index contributed by atoms with van der Waals surface area (Å²) >= 11 is 1.18. The van der Waals surface area contributed by atoms with Crippen LogP contribution in [0.2, 0.25) is 0 Å². The maximum atomic E-state index is 12.5. The highest BCUT2D eigenvalue weighted by molar-refractivity contribution is 7.22. The molecule has 0 saturated carbocycles. The van der Waals surface area contributed by atoms with Gasteiger partial charge in [0.1, 0.15) is 5.75 Å². The highest BCUT2D eigenvalue weighted by atomic mass is 32.1. The maximum Gasteiger partial charge on any atom is 0.270 e. The molecular weight excluding hydrogens is 402 g/mol. The van der Waals surface area contributed by atoms with E-state index in [-0.39, 0.29) is 11.6 Å². The zero-order valence-electron chi connectivity index (χ0n) is 15.9. The average Bonchev–Trinajstić information content (AvgIpc) is 3.16. The molecule has 7 nitrogen and oxygen atoms in total. The van der Waals surface area contributed by atoms with Crippen molar-refractivity contribution in [2.45, 2.75) is 13.0 Å². The van der Waals surface area contributed by atoms with Gasteiger partial charge in [-0.3, -0.25) is 20.2 Å². The van der Waals surface area contributed by atoms with Crippen LogP contribution in [-0.4, -0.2) is 21.9 Å². The van der Waals surface area contributed by atoms with E-state index in [0.717, 1.165) is 11.1 Å². The number of amides is 1. The highest BCUT2D eigenvalue weighted by Gasteiger charge is 2.18. The Morgan fingerprint density at radius 2 is 1.77 bits per heavy atom. The van der Waals surface area contributed by atoms with Crippen molar-refractivity contribution in [2.24, 2.45) is 0 Å². The summed E-state index contributed by atoms with van der Waals surface area (Å²) in [7, 11) is 0. The van der Waals surface area contributed by atoms with Crippen molar-refractivity contribution >= 4 is 38.3 Å². The molecule has 0 radical (unpaired) electrons. The molecule has 0 bridgehead atoms. The number of anilines is 1. The van der Waals surface area contributed by atoms with Crippen LogP contribution in [0.3, 0.4) is 0 Å². The molecule has 1 unspecified atom stereocenters. The number of nitrogens with zero attached hydrogens (tertiary/aromatic N) is 2. The first-order chi connectivity index (χ1) is 14.5. The summed E-state index contributed by atoms with van der Waals surface area (Å²) in [6.45, 7) is 1.65. The molecule has 4 aromatic rings. The molecule has 0 aliphatic heterocycles. The van der Waals surface area contributed by atoms with E-state index in [9.17, 15) is 14.9 Å². The van der Waals surface area contributed by atoms with E-state index in [4.69, 9.17) is 4.74 Å². The molecule has 3 aromatic carbocycles. The second-order valence-corrected chi connectivity index (χ2v) is 7.60. The van der Waals surface area contributed by atoms with Gasteiger partial charge in [-0.1, -0.05) is 53.8 Å². The minimum atomic E-state index is -0.742. The summed E-state index contributed by atoms with van der Waals surface area (Å²) in [5.41, 5.74) is 2.74. The van der Waals surface area contributed by atoms with Gasteiger partial charge in [0.15, 0.2) is 11.2 Å². The Hall–Kier alpha value is -3.78. The quantitative estimate of drug-likeness (QED) is 0.339. The second kappa shape index (κ2) is 8.30. The van der Waals surface area contributed by atoms with Crippen LogP contribution in [0.1, 0.15) is 6.92 Å². The summed E-state index contributed by atoms with van der Waals surface area (Å²) < 4.78 is 6.37. The summed E-state index contributed by atoms with van der Waals surface area (Å²) in [5.74, 6) is 0.230. The number of nitrogens with one attached hydrogen (secondary N) is 1. The fourth-order valence-electron chi connectivity index (χ4n) is 2.90. The average molecular weight is 419 g/mol. The zero-order chi connectivity index (χ0) is 21.1. The number of carbonyl (C=O) groups is 1. The van der Waals surface area contributed by atoms with Crippen molar-refractivity contribution in [1.82, 2.24) is 4.98 Å². The number of nitro benzene ring substituents is 1. The van der Waals surface area contributed by atoms with E-state index < -0.39 is 11.0 Å². The Labute approximate surface area is 176 Å². The molecule has 150 valence electrons. The number of rotatable bonds is 6. The number of aromatic nitrogens is 1. The summed E-state index contributed by atoms with van der Waals surface area (Å²) in [6.07, 6.45) is -0.742. The van der Waals surface area contributed by atoms with Gasteiger partial charge in [0.05, 0.1) is 15.1 Å². The first-order valence-corrected chi connectivity index (χ1v) is 9.99. The maximum absolute atomic E-state index is 12.5. The Morgan fingerprint density at radius 1 is 1.07 bits per heavy atom. The molecule has 1 aromatic heterocycles. The smallest absolute Gasteiger partial charge is 0.270 e. The summed E-state index contributed by atoms with van der Waals surface area (Å²) in [5, 5.41) is 14.0. The van der Waals surface area contributed by atoms with Gasteiger partial charge in [-0.15, -0.1) is 0 Å². The third-order valence-electron chi connectivity index (χ3n) is 4.46. The highest BCUT2D eigenvalue weighted by Crippen LogP contribution is 2.29. The number of fused-ring (bicyclic) bond motifs is 1.